The van der Waals surface area contributed by atoms with Gasteiger partial charge in [0.1, 0.15) is 5.71 Å². The lowest BCUT2D eigenvalue weighted by Crippen LogP contribution is -2.06. The summed E-state index contributed by atoms with van der Waals surface area (Å²) in [5.41, 5.74) is 1.19. The van der Waals surface area contributed by atoms with Crippen LogP contribution in [-0.4, -0.2) is 17.6 Å². The molecule has 1 aliphatic heterocycles. The second-order valence-electron chi connectivity index (χ2n) is 3.24. The first-order chi connectivity index (χ1) is 8.13. The fourth-order valence-corrected chi connectivity index (χ4v) is 2.04. The van der Waals surface area contributed by atoms with E-state index in [0.717, 1.165) is 0 Å². The van der Waals surface area contributed by atoms with Crippen molar-refractivity contribution in [2.45, 2.75) is 0 Å². The Morgan fingerprint density at radius 2 is 1.94 bits per heavy atom. The van der Waals surface area contributed by atoms with Crippen LogP contribution in [0.4, 0.5) is 0 Å². The monoisotopic (exact) mass is 289 g/mol. The number of benzene rings is 1. The van der Waals surface area contributed by atoms with Crippen molar-refractivity contribution in [2.24, 2.45) is 5.16 Å². The van der Waals surface area contributed by atoms with Gasteiger partial charge in [-0.3, -0.25) is 0 Å². The zero-order chi connectivity index (χ0) is 12.4. The van der Waals surface area contributed by atoms with Crippen LogP contribution in [0.15, 0.2) is 28.9 Å². The van der Waals surface area contributed by atoms with Crippen molar-refractivity contribution >= 4 is 52.6 Å². The molecule has 0 amide bonds. The maximum atomic E-state index is 11.4. The lowest BCUT2D eigenvalue weighted by Gasteiger charge is -2.02. The first kappa shape index (κ1) is 12.4. The van der Waals surface area contributed by atoms with Gasteiger partial charge in [0.2, 0.25) is 0 Å². The summed E-state index contributed by atoms with van der Waals surface area (Å²) >= 11 is 17.6. The zero-order valence-corrected chi connectivity index (χ0v) is 10.7. The second-order valence-corrected chi connectivity index (χ2v) is 4.33. The van der Waals surface area contributed by atoms with Crippen LogP contribution in [0.3, 0.4) is 0 Å². The smallest absolute Gasteiger partial charge is 0.312 e. The average molecular weight is 291 g/mol. The van der Waals surface area contributed by atoms with Gasteiger partial charge in [-0.25, -0.2) is 4.79 Å². The van der Waals surface area contributed by atoms with Crippen LogP contribution in [0.2, 0.25) is 10.0 Å². The topological polar surface area (TPSA) is 38.7 Å². The molecule has 6 heteroatoms. The van der Waals surface area contributed by atoms with Gasteiger partial charge < -0.3 is 4.84 Å². The van der Waals surface area contributed by atoms with E-state index in [2.05, 4.69) is 9.99 Å². The molecule has 0 spiro atoms. The molecule has 1 heterocycles. The van der Waals surface area contributed by atoms with Gasteiger partial charge in [-0.05, 0) is 18.2 Å². The van der Waals surface area contributed by atoms with E-state index in [1.807, 2.05) is 0 Å². The van der Waals surface area contributed by atoms with Crippen LogP contribution in [-0.2, 0) is 9.63 Å². The van der Waals surface area contributed by atoms with E-state index in [9.17, 15) is 4.79 Å². The number of oxime groups is 1. The average Bonchev–Trinajstić information content (AvgIpc) is 2.65. The number of alkyl halides is 1. The van der Waals surface area contributed by atoms with E-state index in [4.69, 9.17) is 34.8 Å². The molecule has 0 saturated heterocycles. The summed E-state index contributed by atoms with van der Waals surface area (Å²) in [5.74, 6) is -0.476. The van der Waals surface area contributed by atoms with E-state index in [1.54, 1.807) is 18.2 Å². The summed E-state index contributed by atoms with van der Waals surface area (Å²) in [4.78, 5) is 16.0. The predicted octanol–water partition coefficient (Wildman–Crippen LogP) is 3.53. The molecule has 88 valence electrons. The fourth-order valence-electron chi connectivity index (χ4n) is 1.34. The molecule has 0 aromatic heterocycles. The third kappa shape index (κ3) is 2.46. The van der Waals surface area contributed by atoms with E-state index in [1.165, 1.54) is 6.08 Å². The summed E-state index contributed by atoms with van der Waals surface area (Å²) in [6.45, 7) is 0. The molecular weight excluding hydrogens is 284 g/mol. The summed E-state index contributed by atoms with van der Waals surface area (Å²) in [7, 11) is 0. The Hall–Kier alpha value is -1.03. The first-order valence-electron chi connectivity index (χ1n) is 4.63. The van der Waals surface area contributed by atoms with Crippen molar-refractivity contribution in [3.8, 4) is 0 Å². The molecule has 0 fully saturated rings. The molecule has 17 heavy (non-hydrogen) atoms. The zero-order valence-electron chi connectivity index (χ0n) is 8.41. The first-order valence-corrected chi connectivity index (χ1v) is 5.93. The number of halogens is 3. The summed E-state index contributed by atoms with van der Waals surface area (Å²) in [5, 5.41) is 4.44. The van der Waals surface area contributed by atoms with Gasteiger partial charge in [0.15, 0.2) is 0 Å². The minimum atomic E-state index is -0.559. The number of hydrogen-bond donors (Lipinski definition) is 0. The van der Waals surface area contributed by atoms with E-state index >= 15 is 0 Å². The van der Waals surface area contributed by atoms with Gasteiger partial charge in [-0.2, -0.15) is 0 Å². The highest BCUT2D eigenvalue weighted by Crippen LogP contribution is 2.28. The van der Waals surface area contributed by atoms with Crippen molar-refractivity contribution in [3.05, 3.63) is 39.4 Å². The number of hydrogen-bond acceptors (Lipinski definition) is 3. The third-order valence-electron chi connectivity index (χ3n) is 2.18. The van der Waals surface area contributed by atoms with Crippen LogP contribution in [0, 0.1) is 0 Å². The number of nitrogens with zero attached hydrogens (tertiary/aromatic N) is 1. The molecular formula is C11H6Cl3NO2. The summed E-state index contributed by atoms with van der Waals surface area (Å²) in [6, 6.07) is 5.07. The Balaban J connectivity index is 2.49. The summed E-state index contributed by atoms with van der Waals surface area (Å²) < 4.78 is 0. The molecule has 0 aliphatic carbocycles. The van der Waals surface area contributed by atoms with Gasteiger partial charge in [0.05, 0.1) is 11.5 Å². The minimum Gasteiger partial charge on any atom is -0.312 e. The molecule has 3 nitrogen and oxygen atoms in total. The Kier molecular flexibility index (Phi) is 3.72. The highest BCUT2D eigenvalue weighted by molar-refractivity contribution is 6.40. The van der Waals surface area contributed by atoms with Gasteiger partial charge in [0.25, 0.3) is 0 Å². The van der Waals surface area contributed by atoms with Gasteiger partial charge in [-0.1, -0.05) is 34.4 Å². The molecule has 1 aliphatic rings. The standard InChI is InChI=1S/C11H6Cl3NO2/c12-5-10-7(11(16)17-15-10)4-6-8(13)2-1-3-9(6)14/h1-4H,5H2/b7-4-. The van der Waals surface area contributed by atoms with Gasteiger partial charge in [0, 0.05) is 15.6 Å². The fraction of sp³-hybridized carbons (Fsp3) is 0.0909. The Morgan fingerprint density at radius 1 is 1.29 bits per heavy atom. The molecule has 0 saturated carbocycles. The van der Waals surface area contributed by atoms with Crippen LogP contribution < -0.4 is 0 Å². The van der Waals surface area contributed by atoms with Gasteiger partial charge >= 0.3 is 5.97 Å². The highest BCUT2D eigenvalue weighted by atomic mass is 35.5. The van der Waals surface area contributed by atoms with Gasteiger partial charge in [-0.15, -0.1) is 11.6 Å². The van der Waals surface area contributed by atoms with Crippen LogP contribution >= 0.6 is 34.8 Å². The SMILES string of the molecule is O=C1ON=C(CCl)/C1=C/c1c(Cl)cccc1Cl. The number of carbonyl (C=O) groups is 1. The molecule has 0 radical (unpaired) electrons. The van der Waals surface area contributed by atoms with Crippen molar-refractivity contribution in [1.82, 2.24) is 0 Å². The number of carbonyl (C=O) groups excluding carboxylic acids is 1. The maximum Gasteiger partial charge on any atom is 0.367 e. The minimum absolute atomic E-state index is 0.0830. The molecule has 1 aromatic rings. The maximum absolute atomic E-state index is 11.4. The Labute approximate surface area is 113 Å². The highest BCUT2D eigenvalue weighted by Gasteiger charge is 2.25. The lowest BCUT2D eigenvalue weighted by atomic mass is 10.1. The van der Waals surface area contributed by atoms with Crippen LogP contribution in [0.1, 0.15) is 5.56 Å². The Morgan fingerprint density at radius 3 is 2.53 bits per heavy atom. The largest absolute Gasteiger partial charge is 0.367 e. The third-order valence-corrected chi connectivity index (χ3v) is 3.10. The van der Waals surface area contributed by atoms with E-state index < -0.39 is 5.97 Å². The lowest BCUT2D eigenvalue weighted by molar-refractivity contribution is -0.136. The molecule has 0 atom stereocenters. The van der Waals surface area contributed by atoms with Crippen LogP contribution in [0.25, 0.3) is 6.08 Å². The molecule has 0 unspecified atom stereocenters. The van der Waals surface area contributed by atoms with Crippen molar-refractivity contribution in [3.63, 3.8) is 0 Å². The predicted molar refractivity (Wildman–Crippen MR) is 68.7 cm³/mol. The molecule has 0 N–H and O–H groups in total. The second kappa shape index (κ2) is 5.08. The molecule has 0 bridgehead atoms. The van der Waals surface area contributed by atoms with E-state index in [-0.39, 0.29) is 11.5 Å². The Bertz CT molecular complexity index is 517. The number of rotatable bonds is 2. The van der Waals surface area contributed by atoms with E-state index in [0.29, 0.717) is 21.3 Å². The normalized spacial score (nSPS) is 17.2. The summed E-state index contributed by atoms with van der Waals surface area (Å²) in [6.07, 6.45) is 1.53. The van der Waals surface area contributed by atoms with Crippen molar-refractivity contribution in [2.75, 3.05) is 5.88 Å². The quantitative estimate of drug-likeness (QED) is 0.475. The van der Waals surface area contributed by atoms with Crippen molar-refractivity contribution < 1.29 is 9.63 Å². The van der Waals surface area contributed by atoms with Crippen LogP contribution in [0.5, 0.6) is 0 Å². The molecule has 1 aromatic carbocycles. The van der Waals surface area contributed by atoms with Crippen molar-refractivity contribution in [1.29, 1.82) is 0 Å². The molecule has 2 rings (SSSR count).